The fraction of sp³-hybridized carbons (Fsp3) is 1.00. The first-order valence-electron chi connectivity index (χ1n) is 0. The quantitative estimate of drug-likeness (QED) is 0.346. The Balaban J connectivity index is 0. The van der Waals surface area contributed by atoms with Crippen molar-refractivity contribution in [3.8, 4) is 0 Å². The molecule has 0 saturated heterocycles. The van der Waals surface area contributed by atoms with Gasteiger partial charge in [0.15, 0.2) is 0 Å². The van der Waals surface area contributed by atoms with Gasteiger partial charge in [0.25, 0.3) is 0 Å². The van der Waals surface area contributed by atoms with Crippen LogP contribution in [0, 0.1) is 0 Å². The van der Waals surface area contributed by atoms with E-state index in [-0.39, 0.29) is 111 Å². The zero-order valence-electron chi connectivity index (χ0n) is 7.41. The molecule has 0 aromatic rings. The van der Waals surface area contributed by atoms with Crippen molar-refractivity contribution in [2.45, 2.75) is 7.43 Å². The second-order valence-corrected chi connectivity index (χ2v) is 0. The number of hydrogen-bond donors (Lipinski definition) is 0. The second-order valence-electron chi connectivity index (χ2n) is 0. The van der Waals surface area contributed by atoms with E-state index in [2.05, 4.69) is 0 Å². The van der Waals surface area contributed by atoms with Crippen molar-refractivity contribution in [1.29, 1.82) is 0 Å². The number of rotatable bonds is 0. The Morgan fingerprint density at radius 3 is 0.571 bits per heavy atom. The van der Waals surface area contributed by atoms with Crippen LogP contribution in [0.1, 0.15) is 13.1 Å². The first kappa shape index (κ1) is 117. The molecule has 0 aliphatic rings. The van der Waals surface area contributed by atoms with Crippen LogP contribution in [0.2, 0.25) is 0 Å². The average Bonchev–Trinajstić information content (AvgIpc) is 0. The minimum Gasteiger partial charge on any atom is -1.00 e. The van der Waals surface area contributed by atoms with Gasteiger partial charge in [-0.05, 0) is 0 Å². The largest absolute Gasteiger partial charge is 2.00 e. The summed E-state index contributed by atoms with van der Waals surface area (Å²) in [5.41, 5.74) is 0. The minimum atomic E-state index is 0. The van der Waals surface area contributed by atoms with Crippen LogP contribution in [0.4, 0.5) is 0 Å². The molecule has 0 bridgehead atoms. The first-order chi connectivity index (χ1) is 0. The van der Waals surface area contributed by atoms with Gasteiger partial charge in [0.05, 0.1) is 0 Å². The molecular formula is CH16Ca2O4. The van der Waals surface area contributed by atoms with Crippen LogP contribution in [-0.2, 0) is 0 Å². The summed E-state index contributed by atoms with van der Waals surface area (Å²) < 4.78 is 0. The van der Waals surface area contributed by atoms with Gasteiger partial charge in [-0.15, -0.1) is 0 Å². The van der Waals surface area contributed by atoms with E-state index >= 15 is 0 Å². The number of hydrogen-bond acceptors (Lipinski definition) is 0. The van der Waals surface area contributed by atoms with Gasteiger partial charge < -0.3 is 27.6 Å². The normalized spacial score (nSPS) is 0. The maximum Gasteiger partial charge on any atom is 2.00 e. The third-order valence-corrected chi connectivity index (χ3v) is 0. The molecule has 6 heteroatoms. The second kappa shape index (κ2) is 81.3. The monoisotopic (exact) mass is 172 g/mol. The maximum absolute atomic E-state index is 0. The van der Waals surface area contributed by atoms with E-state index in [4.69, 9.17) is 0 Å². The van der Waals surface area contributed by atoms with Crippen LogP contribution in [-0.4, -0.2) is 97.4 Å². The van der Waals surface area contributed by atoms with E-state index in [0.29, 0.717) is 0 Å². The van der Waals surface area contributed by atoms with Gasteiger partial charge in [-0.3, -0.25) is 0 Å². The average molecular weight is 172 g/mol. The van der Waals surface area contributed by atoms with Crippen molar-refractivity contribution in [2.24, 2.45) is 0 Å². The van der Waals surface area contributed by atoms with Crippen LogP contribution in [0.15, 0.2) is 0 Å². The van der Waals surface area contributed by atoms with Gasteiger partial charge in [0.1, 0.15) is 0 Å². The van der Waals surface area contributed by atoms with E-state index < -0.39 is 0 Å². The fourth-order valence-electron chi connectivity index (χ4n) is 0. The van der Waals surface area contributed by atoms with Gasteiger partial charge in [0, 0.05) is 0 Å². The SMILES string of the molecule is C.O.O.O.O.[Ca+2].[Ca+2].[H-].[H-].[H-].[H-]. The Morgan fingerprint density at radius 2 is 0.571 bits per heavy atom. The van der Waals surface area contributed by atoms with Gasteiger partial charge in [-0.25, -0.2) is 0 Å². The molecule has 0 spiro atoms. The zero-order chi connectivity index (χ0) is 0. The van der Waals surface area contributed by atoms with Crippen molar-refractivity contribution < 1.29 is 27.6 Å². The molecule has 48 valence electrons. The molecule has 0 aliphatic carbocycles. The van der Waals surface area contributed by atoms with E-state index in [0.717, 1.165) is 0 Å². The van der Waals surface area contributed by atoms with Crippen LogP contribution >= 0.6 is 0 Å². The molecule has 0 aromatic heterocycles. The van der Waals surface area contributed by atoms with E-state index in [1.165, 1.54) is 0 Å². The van der Waals surface area contributed by atoms with E-state index in [9.17, 15) is 0 Å². The third-order valence-electron chi connectivity index (χ3n) is 0. The molecule has 0 radical (unpaired) electrons. The molecule has 0 fully saturated rings. The Morgan fingerprint density at radius 1 is 0.571 bits per heavy atom. The molecule has 7 heavy (non-hydrogen) atoms. The molecule has 0 aliphatic heterocycles. The molecule has 0 amide bonds. The Kier molecular flexibility index (Phi) is 1360. The van der Waals surface area contributed by atoms with E-state index in [1.54, 1.807) is 0 Å². The summed E-state index contributed by atoms with van der Waals surface area (Å²) in [6.45, 7) is 0. The van der Waals surface area contributed by atoms with Gasteiger partial charge in [-0.2, -0.15) is 0 Å². The first-order valence-corrected chi connectivity index (χ1v) is 0. The third kappa shape index (κ3) is 60.7. The smallest absolute Gasteiger partial charge is 1.00 e. The predicted molar refractivity (Wildman–Crippen MR) is 37.1 cm³/mol. The van der Waals surface area contributed by atoms with Crippen LogP contribution in [0.3, 0.4) is 0 Å². The van der Waals surface area contributed by atoms with E-state index in [1.807, 2.05) is 0 Å². The van der Waals surface area contributed by atoms with Crippen molar-refractivity contribution in [2.75, 3.05) is 0 Å². The molecule has 0 aromatic carbocycles. The molecular weight excluding hydrogens is 156 g/mol. The molecule has 4 nitrogen and oxygen atoms in total. The molecule has 0 heterocycles. The van der Waals surface area contributed by atoms with Crippen molar-refractivity contribution in [3.63, 3.8) is 0 Å². The fourth-order valence-corrected chi connectivity index (χ4v) is 0. The molecule has 8 N–H and O–H groups in total. The Hall–Kier alpha value is 2.36. The minimum absolute atomic E-state index is 0. The summed E-state index contributed by atoms with van der Waals surface area (Å²) in [6, 6.07) is 0. The zero-order valence-corrected chi connectivity index (χ0v) is 7.83. The Labute approximate surface area is 109 Å². The van der Waals surface area contributed by atoms with Crippen molar-refractivity contribution in [1.82, 2.24) is 0 Å². The molecule has 0 rings (SSSR count). The van der Waals surface area contributed by atoms with Crippen molar-refractivity contribution >= 4 is 75.5 Å². The summed E-state index contributed by atoms with van der Waals surface area (Å²) >= 11 is 0. The predicted octanol–water partition coefficient (Wildman–Crippen LogP) is -2.97. The maximum atomic E-state index is 0. The van der Waals surface area contributed by atoms with Crippen LogP contribution in [0.25, 0.3) is 0 Å². The van der Waals surface area contributed by atoms with Crippen LogP contribution in [0.5, 0.6) is 0 Å². The molecule has 0 unspecified atom stereocenters. The molecule has 0 atom stereocenters. The summed E-state index contributed by atoms with van der Waals surface area (Å²) in [5, 5.41) is 0. The summed E-state index contributed by atoms with van der Waals surface area (Å²) in [7, 11) is 0. The summed E-state index contributed by atoms with van der Waals surface area (Å²) in [4.78, 5) is 0. The van der Waals surface area contributed by atoms with Gasteiger partial charge in [-0.1, -0.05) is 7.43 Å². The Bertz CT molecular complexity index is 20.1. The summed E-state index contributed by atoms with van der Waals surface area (Å²) in [5.74, 6) is 0. The van der Waals surface area contributed by atoms with Crippen LogP contribution < -0.4 is 0 Å². The van der Waals surface area contributed by atoms with Gasteiger partial charge in [0.2, 0.25) is 0 Å². The van der Waals surface area contributed by atoms with Crippen molar-refractivity contribution in [3.05, 3.63) is 0 Å². The molecule has 0 saturated carbocycles. The summed E-state index contributed by atoms with van der Waals surface area (Å²) in [6.07, 6.45) is 0. The topological polar surface area (TPSA) is 126 Å². The van der Waals surface area contributed by atoms with Gasteiger partial charge >= 0.3 is 75.5 Å². The standard InChI is InChI=1S/CH4.2Ca.4H2O.4H/h1H4;;;4*1H2;;;;/q;2*+2;;;;;4*-1.